The lowest BCUT2D eigenvalue weighted by atomic mass is 9.88. The predicted molar refractivity (Wildman–Crippen MR) is 168 cm³/mol. The summed E-state index contributed by atoms with van der Waals surface area (Å²) < 4.78 is 26.2. The summed E-state index contributed by atoms with van der Waals surface area (Å²) in [5.74, 6) is -0.345. The van der Waals surface area contributed by atoms with Gasteiger partial charge in [-0.3, -0.25) is 4.79 Å². The number of aryl methyl sites for hydroxylation is 1. The number of likely N-dealkylation sites (tertiary alicyclic amines) is 2. The van der Waals surface area contributed by atoms with Gasteiger partial charge in [-0.25, -0.2) is 14.0 Å². The van der Waals surface area contributed by atoms with Crippen molar-refractivity contribution in [2.45, 2.75) is 71.1 Å². The summed E-state index contributed by atoms with van der Waals surface area (Å²) in [5, 5.41) is 2.86. The Morgan fingerprint density at radius 2 is 1.68 bits per heavy atom. The number of ether oxygens (including phenoxy) is 2. The molecular formula is C34H40FN3O5S. The average molecular weight is 622 g/mol. The van der Waals surface area contributed by atoms with Gasteiger partial charge in [-0.15, -0.1) is 11.3 Å². The molecule has 0 saturated carbocycles. The Bertz CT molecular complexity index is 1490. The Morgan fingerprint density at radius 3 is 2.36 bits per heavy atom. The first-order chi connectivity index (χ1) is 21.0. The van der Waals surface area contributed by atoms with E-state index in [4.69, 9.17) is 9.47 Å². The highest BCUT2D eigenvalue weighted by molar-refractivity contribution is 7.17. The van der Waals surface area contributed by atoms with Crippen molar-refractivity contribution in [3.05, 3.63) is 82.0 Å². The summed E-state index contributed by atoms with van der Waals surface area (Å²) in [5.41, 5.74) is 2.57. The van der Waals surface area contributed by atoms with E-state index in [2.05, 4.69) is 5.32 Å². The van der Waals surface area contributed by atoms with Crippen LogP contribution in [-0.4, -0.2) is 65.7 Å². The quantitative estimate of drug-likeness (QED) is 0.317. The fourth-order valence-electron chi connectivity index (χ4n) is 5.71. The predicted octanol–water partition coefficient (Wildman–Crippen LogP) is 7.12. The zero-order chi connectivity index (χ0) is 31.4. The number of benzene rings is 2. The lowest BCUT2D eigenvalue weighted by molar-refractivity contribution is 0.0502. The summed E-state index contributed by atoms with van der Waals surface area (Å²) in [6, 6.07) is 16.6. The van der Waals surface area contributed by atoms with Crippen LogP contribution in [0.3, 0.4) is 0 Å². The van der Waals surface area contributed by atoms with Crippen LogP contribution in [0.2, 0.25) is 0 Å². The molecule has 0 spiro atoms. The first-order valence-corrected chi connectivity index (χ1v) is 15.9. The zero-order valence-corrected chi connectivity index (χ0v) is 26.5. The van der Waals surface area contributed by atoms with Gasteiger partial charge < -0.3 is 24.6 Å². The standard InChI is InChI=1S/C34H40FN3O5S/c1-22-18-29(44-30(22)31(39)38-17-14-26(20-38)36-32(40)43-34(2,3)4)25-10-11-27(28(35)19-25)24-12-15-37(16-13-24)33(41)42-21-23-8-6-5-7-9-23/h5-11,18-19,24,26H,12-17,20-21H2,1-4H3,(H,36,40)/t26-/m0/s1. The van der Waals surface area contributed by atoms with E-state index in [9.17, 15) is 14.4 Å². The highest BCUT2D eigenvalue weighted by atomic mass is 32.1. The molecule has 0 unspecified atom stereocenters. The van der Waals surface area contributed by atoms with Gasteiger partial charge in [-0.1, -0.05) is 42.5 Å². The number of carbonyl (C=O) groups is 3. The number of thiophene rings is 1. The number of hydrogen-bond donors (Lipinski definition) is 1. The molecule has 1 atom stereocenters. The van der Waals surface area contributed by atoms with Gasteiger partial charge in [0.15, 0.2) is 0 Å². The number of hydrogen-bond acceptors (Lipinski definition) is 6. The number of carbonyl (C=O) groups excluding carboxylic acids is 3. The van der Waals surface area contributed by atoms with Gasteiger partial charge in [0, 0.05) is 31.1 Å². The molecule has 0 bridgehead atoms. The van der Waals surface area contributed by atoms with E-state index in [1.165, 1.54) is 11.3 Å². The molecule has 2 aliphatic rings. The molecule has 234 valence electrons. The average Bonchev–Trinajstić information content (AvgIpc) is 3.61. The molecule has 0 aliphatic carbocycles. The Hall–Kier alpha value is -3.92. The summed E-state index contributed by atoms with van der Waals surface area (Å²) in [4.78, 5) is 42.9. The summed E-state index contributed by atoms with van der Waals surface area (Å²) >= 11 is 1.36. The molecule has 2 aromatic carbocycles. The van der Waals surface area contributed by atoms with Crippen LogP contribution in [0.15, 0.2) is 54.6 Å². The van der Waals surface area contributed by atoms with Crippen molar-refractivity contribution in [2.24, 2.45) is 0 Å². The molecule has 1 N–H and O–H groups in total. The van der Waals surface area contributed by atoms with Crippen molar-refractivity contribution >= 4 is 29.4 Å². The monoisotopic (exact) mass is 621 g/mol. The molecule has 2 saturated heterocycles. The smallest absolute Gasteiger partial charge is 0.410 e. The van der Waals surface area contributed by atoms with Gasteiger partial charge in [0.05, 0.1) is 10.9 Å². The second-order valence-electron chi connectivity index (χ2n) is 12.5. The van der Waals surface area contributed by atoms with E-state index in [-0.39, 0.29) is 36.4 Å². The maximum Gasteiger partial charge on any atom is 0.410 e. The molecule has 5 rings (SSSR count). The summed E-state index contributed by atoms with van der Waals surface area (Å²) in [7, 11) is 0. The second kappa shape index (κ2) is 13.4. The number of nitrogens with zero attached hydrogens (tertiary/aromatic N) is 2. The first kappa shape index (κ1) is 31.5. The Kier molecular flexibility index (Phi) is 9.58. The Balaban J connectivity index is 1.16. The second-order valence-corrected chi connectivity index (χ2v) is 13.6. The third-order valence-electron chi connectivity index (χ3n) is 7.99. The number of alkyl carbamates (subject to hydrolysis) is 1. The van der Waals surface area contributed by atoms with Gasteiger partial charge in [0.1, 0.15) is 18.0 Å². The van der Waals surface area contributed by atoms with Crippen molar-refractivity contribution in [1.82, 2.24) is 15.1 Å². The molecule has 0 radical (unpaired) electrons. The van der Waals surface area contributed by atoms with E-state index in [1.54, 1.807) is 15.9 Å². The molecule has 2 fully saturated rings. The van der Waals surface area contributed by atoms with Crippen molar-refractivity contribution in [3.63, 3.8) is 0 Å². The lowest BCUT2D eigenvalue weighted by Gasteiger charge is -2.31. The SMILES string of the molecule is Cc1cc(-c2ccc(C3CCN(C(=O)OCc4ccccc4)CC3)c(F)c2)sc1C(=O)N1CC[C@H](NC(=O)OC(C)(C)C)C1. The Labute approximate surface area is 262 Å². The summed E-state index contributed by atoms with van der Waals surface area (Å²) in [6.45, 7) is 9.54. The van der Waals surface area contributed by atoms with Gasteiger partial charge in [0.25, 0.3) is 5.91 Å². The number of halogens is 1. The van der Waals surface area contributed by atoms with Crippen LogP contribution in [0.25, 0.3) is 10.4 Å². The van der Waals surface area contributed by atoms with Crippen LogP contribution in [0.4, 0.5) is 14.0 Å². The topological polar surface area (TPSA) is 88.2 Å². The van der Waals surface area contributed by atoms with Crippen LogP contribution >= 0.6 is 11.3 Å². The van der Waals surface area contributed by atoms with E-state index in [0.29, 0.717) is 55.9 Å². The third-order valence-corrected chi connectivity index (χ3v) is 9.27. The number of rotatable bonds is 6. The van der Waals surface area contributed by atoms with E-state index in [0.717, 1.165) is 21.6 Å². The molecule has 1 aromatic heterocycles. The van der Waals surface area contributed by atoms with Crippen LogP contribution in [-0.2, 0) is 16.1 Å². The number of nitrogens with one attached hydrogen (secondary N) is 1. The molecule has 3 amide bonds. The maximum absolute atomic E-state index is 15.4. The normalized spacial score (nSPS) is 17.4. The minimum absolute atomic E-state index is 0.0156. The molecule has 8 nitrogen and oxygen atoms in total. The zero-order valence-electron chi connectivity index (χ0n) is 25.7. The fourth-order valence-corrected chi connectivity index (χ4v) is 6.85. The number of piperidine rings is 1. The van der Waals surface area contributed by atoms with E-state index >= 15 is 4.39 Å². The molecule has 2 aliphatic heterocycles. The highest BCUT2D eigenvalue weighted by Gasteiger charge is 2.31. The number of amides is 3. The lowest BCUT2D eigenvalue weighted by Crippen LogP contribution is -2.41. The van der Waals surface area contributed by atoms with Crippen molar-refractivity contribution in [2.75, 3.05) is 26.2 Å². The minimum atomic E-state index is -0.587. The molecular weight excluding hydrogens is 581 g/mol. The Morgan fingerprint density at radius 1 is 0.977 bits per heavy atom. The third kappa shape index (κ3) is 7.77. The van der Waals surface area contributed by atoms with Gasteiger partial charge in [-0.05, 0) is 87.3 Å². The largest absolute Gasteiger partial charge is 0.445 e. The van der Waals surface area contributed by atoms with Gasteiger partial charge >= 0.3 is 12.2 Å². The van der Waals surface area contributed by atoms with Crippen LogP contribution in [0, 0.1) is 12.7 Å². The minimum Gasteiger partial charge on any atom is -0.445 e. The fraction of sp³-hybridized carbons (Fsp3) is 0.441. The molecule has 10 heteroatoms. The van der Waals surface area contributed by atoms with Gasteiger partial charge in [-0.2, -0.15) is 0 Å². The van der Waals surface area contributed by atoms with E-state index < -0.39 is 11.7 Å². The van der Waals surface area contributed by atoms with Crippen LogP contribution < -0.4 is 5.32 Å². The van der Waals surface area contributed by atoms with Crippen molar-refractivity contribution < 1.29 is 28.2 Å². The molecule has 44 heavy (non-hydrogen) atoms. The van der Waals surface area contributed by atoms with Crippen LogP contribution in [0.5, 0.6) is 0 Å². The molecule has 3 aromatic rings. The van der Waals surface area contributed by atoms with E-state index in [1.807, 2.05) is 76.2 Å². The summed E-state index contributed by atoms with van der Waals surface area (Å²) in [6.07, 6.45) is 1.15. The van der Waals surface area contributed by atoms with Crippen molar-refractivity contribution in [3.8, 4) is 10.4 Å². The van der Waals surface area contributed by atoms with Crippen molar-refractivity contribution in [1.29, 1.82) is 0 Å². The highest BCUT2D eigenvalue weighted by Crippen LogP contribution is 2.36. The van der Waals surface area contributed by atoms with Crippen LogP contribution in [0.1, 0.15) is 72.3 Å². The molecule has 3 heterocycles. The maximum atomic E-state index is 15.4. The first-order valence-electron chi connectivity index (χ1n) is 15.1. The van der Waals surface area contributed by atoms with Gasteiger partial charge in [0.2, 0.25) is 0 Å².